The zero-order valence-corrected chi connectivity index (χ0v) is 18.1. The lowest BCUT2D eigenvalue weighted by Gasteiger charge is -2.11. The Morgan fingerprint density at radius 3 is 2.75 bits per heavy atom. The van der Waals surface area contributed by atoms with Gasteiger partial charge in [0, 0.05) is 24.8 Å². The molecule has 1 unspecified atom stereocenters. The molecule has 1 aromatic heterocycles. The van der Waals surface area contributed by atoms with Gasteiger partial charge in [-0.1, -0.05) is 54.5 Å². The number of rotatable bonds is 11. The van der Waals surface area contributed by atoms with Crippen molar-refractivity contribution in [1.29, 1.82) is 0 Å². The van der Waals surface area contributed by atoms with E-state index < -0.39 is 0 Å². The van der Waals surface area contributed by atoms with E-state index in [1.165, 1.54) is 6.07 Å². The Balaban J connectivity index is 1.51. The third-order valence-electron chi connectivity index (χ3n) is 4.95. The van der Waals surface area contributed by atoms with Gasteiger partial charge in [0.05, 0.1) is 18.8 Å². The molecule has 0 aliphatic carbocycles. The molecule has 8 heteroatoms. The van der Waals surface area contributed by atoms with Crippen molar-refractivity contribution >= 4 is 11.8 Å². The van der Waals surface area contributed by atoms with E-state index >= 15 is 0 Å². The van der Waals surface area contributed by atoms with Gasteiger partial charge < -0.3 is 20.1 Å². The number of aliphatic hydroxyl groups is 1. The Morgan fingerprint density at radius 1 is 1.22 bits per heavy atom. The molecule has 0 aliphatic rings. The number of ether oxygens (including phenoxy) is 1. The lowest BCUT2D eigenvalue weighted by atomic mass is 9.94. The number of aliphatic hydroxyl groups excluding tert-OH is 1. The van der Waals surface area contributed by atoms with Gasteiger partial charge in [-0.15, -0.1) is 0 Å². The van der Waals surface area contributed by atoms with E-state index in [0.29, 0.717) is 44.0 Å². The average Bonchev–Trinajstić information content (AvgIpc) is 3.23. The summed E-state index contributed by atoms with van der Waals surface area (Å²) in [7, 11) is 0. The summed E-state index contributed by atoms with van der Waals surface area (Å²) in [5.41, 5.74) is 9.21. The fraction of sp³-hybridized carbons (Fsp3) is 0.333. The van der Waals surface area contributed by atoms with Crippen molar-refractivity contribution in [3.63, 3.8) is 0 Å². The number of anilines is 1. The Kier molecular flexibility index (Phi) is 8.77. The van der Waals surface area contributed by atoms with Crippen LogP contribution in [0.1, 0.15) is 30.5 Å². The number of nitrogens with one attached hydrogen (secondary N) is 1. The molecule has 3 rings (SSSR count). The first-order valence-electron chi connectivity index (χ1n) is 10.6. The number of hydrogen-bond acceptors (Lipinski definition) is 5. The summed E-state index contributed by atoms with van der Waals surface area (Å²) in [5, 5.41) is 15.7. The number of nitrogens with zero attached hydrogens (tertiary/aromatic N) is 2. The van der Waals surface area contributed by atoms with Crippen LogP contribution in [0.15, 0.2) is 64.1 Å². The highest BCUT2D eigenvalue weighted by Gasteiger charge is 2.12. The van der Waals surface area contributed by atoms with Crippen LogP contribution in [-0.2, 0) is 11.2 Å². The molecule has 0 fully saturated rings. The topological polar surface area (TPSA) is 106 Å². The van der Waals surface area contributed by atoms with Crippen molar-refractivity contribution in [2.24, 2.45) is 10.7 Å². The zero-order chi connectivity index (χ0) is 22.8. The number of halogens is 1. The van der Waals surface area contributed by atoms with Crippen molar-refractivity contribution in [2.45, 2.75) is 25.7 Å². The van der Waals surface area contributed by atoms with E-state index in [2.05, 4.69) is 22.4 Å². The summed E-state index contributed by atoms with van der Waals surface area (Å²) in [5.74, 6) is 0.609. The summed E-state index contributed by atoms with van der Waals surface area (Å²) in [6.07, 6.45) is 1.28. The quantitative estimate of drug-likeness (QED) is 0.237. The molecule has 0 saturated heterocycles. The zero-order valence-electron chi connectivity index (χ0n) is 18.1. The largest absolute Gasteiger partial charge is 0.396 e. The molecule has 3 aromatic rings. The molecule has 1 heterocycles. The first-order chi connectivity index (χ1) is 15.6. The fourth-order valence-corrected chi connectivity index (χ4v) is 3.25. The highest BCUT2D eigenvalue weighted by atomic mass is 19.1. The molecule has 0 saturated carbocycles. The molecule has 2 aromatic carbocycles. The second kappa shape index (κ2) is 12.0. The fourth-order valence-electron chi connectivity index (χ4n) is 3.25. The van der Waals surface area contributed by atoms with Crippen molar-refractivity contribution < 1.29 is 18.8 Å². The molecule has 0 radical (unpaired) electrons. The van der Waals surface area contributed by atoms with Crippen LogP contribution in [0.5, 0.6) is 0 Å². The Labute approximate surface area is 187 Å². The lowest BCUT2D eigenvalue weighted by Crippen LogP contribution is -2.23. The van der Waals surface area contributed by atoms with E-state index in [0.717, 1.165) is 16.8 Å². The summed E-state index contributed by atoms with van der Waals surface area (Å²) < 4.78 is 24.6. The summed E-state index contributed by atoms with van der Waals surface area (Å²) in [6, 6.07) is 16.4. The van der Waals surface area contributed by atoms with E-state index in [9.17, 15) is 4.39 Å². The van der Waals surface area contributed by atoms with Crippen LogP contribution in [0.25, 0.3) is 11.1 Å². The molecule has 0 bridgehead atoms. The predicted molar refractivity (Wildman–Crippen MR) is 123 cm³/mol. The van der Waals surface area contributed by atoms with Gasteiger partial charge in [0.1, 0.15) is 5.82 Å². The van der Waals surface area contributed by atoms with E-state index in [-0.39, 0.29) is 24.3 Å². The minimum absolute atomic E-state index is 0.110. The van der Waals surface area contributed by atoms with Crippen LogP contribution in [0.2, 0.25) is 0 Å². The van der Waals surface area contributed by atoms with Gasteiger partial charge in [-0.05, 0) is 36.0 Å². The number of hydrogen-bond donors (Lipinski definition) is 3. The minimum atomic E-state index is -0.229. The van der Waals surface area contributed by atoms with Gasteiger partial charge in [0.15, 0.2) is 5.96 Å². The smallest absolute Gasteiger partial charge is 0.231 e. The van der Waals surface area contributed by atoms with Gasteiger partial charge in [-0.3, -0.25) is 10.3 Å². The molecule has 0 amide bonds. The van der Waals surface area contributed by atoms with Crippen LogP contribution >= 0.6 is 0 Å². The van der Waals surface area contributed by atoms with Gasteiger partial charge in [-0.2, -0.15) is 0 Å². The van der Waals surface area contributed by atoms with Gasteiger partial charge >= 0.3 is 0 Å². The number of nitrogens with two attached hydrogens (primary N) is 1. The minimum Gasteiger partial charge on any atom is -0.396 e. The molecule has 1 atom stereocenters. The third-order valence-corrected chi connectivity index (χ3v) is 4.95. The Bertz CT molecular complexity index is 1000. The van der Waals surface area contributed by atoms with Crippen LogP contribution in [0, 0.1) is 5.82 Å². The average molecular weight is 441 g/mol. The molecule has 4 N–H and O–H groups in total. The first-order valence-corrected chi connectivity index (χ1v) is 10.6. The Hall–Kier alpha value is -3.23. The molecule has 7 nitrogen and oxygen atoms in total. The first kappa shape index (κ1) is 23.4. The van der Waals surface area contributed by atoms with Crippen molar-refractivity contribution in [3.8, 4) is 11.1 Å². The van der Waals surface area contributed by atoms with Crippen molar-refractivity contribution in [1.82, 2.24) is 5.16 Å². The SMILES string of the molecule is CC(Cc1cc(NC(N)=NCCOCCCO)on1)c1ccc(-c2ccccc2F)cc1. The second-order valence-corrected chi connectivity index (χ2v) is 7.47. The number of aliphatic imine (C=N–C) groups is 1. The second-order valence-electron chi connectivity index (χ2n) is 7.47. The maximum absolute atomic E-state index is 14.0. The standard InChI is InChI=1S/C24H29FN4O3/c1-17(18-7-9-19(10-8-18)21-5-2-3-6-22(21)25)15-20-16-23(32-29-20)28-24(26)27-11-14-31-13-4-12-30/h2-3,5-10,16-17,30H,4,11-15H2,1H3,(H3,26,27,28). The molecule has 170 valence electrons. The van der Waals surface area contributed by atoms with Gasteiger partial charge in [-0.25, -0.2) is 4.39 Å². The van der Waals surface area contributed by atoms with E-state index in [1.807, 2.05) is 30.3 Å². The highest BCUT2D eigenvalue weighted by molar-refractivity contribution is 5.90. The van der Waals surface area contributed by atoms with Crippen LogP contribution in [0.3, 0.4) is 0 Å². The van der Waals surface area contributed by atoms with E-state index in [4.69, 9.17) is 20.1 Å². The third kappa shape index (κ3) is 6.90. The van der Waals surface area contributed by atoms with Crippen LogP contribution < -0.4 is 11.1 Å². The van der Waals surface area contributed by atoms with Gasteiger partial charge in [0.2, 0.25) is 5.88 Å². The summed E-state index contributed by atoms with van der Waals surface area (Å²) >= 11 is 0. The number of benzene rings is 2. The summed E-state index contributed by atoms with van der Waals surface area (Å²) in [4.78, 5) is 4.16. The van der Waals surface area contributed by atoms with Gasteiger partial charge in [0.25, 0.3) is 0 Å². The molecule has 32 heavy (non-hydrogen) atoms. The van der Waals surface area contributed by atoms with Crippen LogP contribution in [-0.4, -0.2) is 42.6 Å². The lowest BCUT2D eigenvalue weighted by molar-refractivity contribution is 0.122. The maximum atomic E-state index is 14.0. The summed E-state index contributed by atoms with van der Waals surface area (Å²) in [6.45, 7) is 3.54. The monoisotopic (exact) mass is 440 g/mol. The molecule has 0 spiro atoms. The molecule has 0 aliphatic heterocycles. The number of aromatic nitrogens is 1. The number of guanidine groups is 1. The van der Waals surface area contributed by atoms with Crippen molar-refractivity contribution in [3.05, 3.63) is 71.7 Å². The van der Waals surface area contributed by atoms with Crippen LogP contribution in [0.4, 0.5) is 10.3 Å². The maximum Gasteiger partial charge on any atom is 0.231 e. The van der Waals surface area contributed by atoms with E-state index in [1.54, 1.807) is 18.2 Å². The van der Waals surface area contributed by atoms with Crippen molar-refractivity contribution in [2.75, 3.05) is 31.7 Å². The highest BCUT2D eigenvalue weighted by Crippen LogP contribution is 2.26. The normalized spacial score (nSPS) is 12.7. The Morgan fingerprint density at radius 2 is 2.00 bits per heavy atom. The molecular weight excluding hydrogens is 411 g/mol. The molecular formula is C24H29FN4O3. The predicted octanol–water partition coefficient (Wildman–Crippen LogP) is 3.95.